The molecular formula is C16H21BrClN3. The molecule has 21 heavy (non-hydrogen) atoms. The molecule has 0 fully saturated rings. The van der Waals surface area contributed by atoms with Gasteiger partial charge in [0.2, 0.25) is 0 Å². The third kappa shape index (κ3) is 4.09. The van der Waals surface area contributed by atoms with Crippen LogP contribution in [0.3, 0.4) is 0 Å². The quantitative estimate of drug-likeness (QED) is 0.737. The van der Waals surface area contributed by atoms with E-state index >= 15 is 0 Å². The maximum absolute atomic E-state index is 6.42. The van der Waals surface area contributed by atoms with Gasteiger partial charge in [0.25, 0.3) is 0 Å². The average molecular weight is 371 g/mol. The van der Waals surface area contributed by atoms with Crippen LogP contribution in [0.15, 0.2) is 34.8 Å². The van der Waals surface area contributed by atoms with Gasteiger partial charge in [-0.1, -0.05) is 37.3 Å². The fraction of sp³-hybridized carbons (Fsp3) is 0.438. The average Bonchev–Trinajstić information content (AvgIpc) is 2.84. The highest BCUT2D eigenvalue weighted by atomic mass is 79.9. The lowest BCUT2D eigenvalue weighted by Crippen LogP contribution is -2.21. The summed E-state index contributed by atoms with van der Waals surface area (Å²) in [7, 11) is 0. The van der Waals surface area contributed by atoms with Crippen LogP contribution < -0.4 is 5.32 Å². The van der Waals surface area contributed by atoms with E-state index in [2.05, 4.69) is 52.3 Å². The summed E-state index contributed by atoms with van der Waals surface area (Å²) >= 11 is 10.1. The van der Waals surface area contributed by atoms with Crippen molar-refractivity contribution in [1.29, 1.82) is 0 Å². The van der Waals surface area contributed by atoms with Gasteiger partial charge in [-0.3, -0.25) is 4.68 Å². The van der Waals surface area contributed by atoms with Crippen molar-refractivity contribution in [3.63, 3.8) is 0 Å². The minimum atomic E-state index is -0.0198. The molecule has 0 bridgehead atoms. The highest BCUT2D eigenvalue weighted by Crippen LogP contribution is 2.23. The summed E-state index contributed by atoms with van der Waals surface area (Å²) < 4.78 is 3.16. The van der Waals surface area contributed by atoms with Crippen LogP contribution in [0.1, 0.15) is 36.2 Å². The standard InChI is InChI=1S/C16H21BrClN3/c1-3-14-16(17)15(21(4-2)20-14)11-19-10-13(18)12-8-6-5-7-9-12/h5-9,13,19H,3-4,10-11H2,1-2H3. The van der Waals surface area contributed by atoms with Gasteiger partial charge >= 0.3 is 0 Å². The van der Waals surface area contributed by atoms with Crippen molar-refractivity contribution in [3.05, 3.63) is 51.8 Å². The molecule has 0 aliphatic heterocycles. The Bertz CT molecular complexity index is 568. The van der Waals surface area contributed by atoms with Gasteiger partial charge in [-0.2, -0.15) is 5.10 Å². The van der Waals surface area contributed by atoms with Crippen LogP contribution in [-0.4, -0.2) is 16.3 Å². The zero-order valence-electron chi connectivity index (χ0n) is 12.4. The molecule has 0 aliphatic carbocycles. The first-order valence-electron chi connectivity index (χ1n) is 7.31. The Labute approximate surface area is 139 Å². The highest BCUT2D eigenvalue weighted by Gasteiger charge is 2.14. The number of alkyl halides is 1. The number of benzene rings is 1. The Balaban J connectivity index is 1.96. The molecule has 1 aromatic carbocycles. The Hall–Kier alpha value is -0.840. The van der Waals surface area contributed by atoms with E-state index in [1.165, 1.54) is 5.69 Å². The molecule has 0 saturated heterocycles. The van der Waals surface area contributed by atoms with Crippen LogP contribution >= 0.6 is 27.5 Å². The van der Waals surface area contributed by atoms with Gasteiger partial charge in [0.1, 0.15) is 0 Å². The minimum Gasteiger partial charge on any atom is -0.309 e. The molecule has 1 heterocycles. The molecule has 1 atom stereocenters. The van der Waals surface area contributed by atoms with E-state index in [4.69, 9.17) is 11.6 Å². The first-order valence-corrected chi connectivity index (χ1v) is 8.54. The van der Waals surface area contributed by atoms with Crippen LogP contribution in [0.25, 0.3) is 0 Å². The van der Waals surface area contributed by atoms with E-state index in [1.807, 2.05) is 22.9 Å². The molecule has 0 radical (unpaired) electrons. The van der Waals surface area contributed by atoms with Crippen molar-refractivity contribution in [2.45, 2.75) is 38.7 Å². The van der Waals surface area contributed by atoms with Crippen molar-refractivity contribution in [2.24, 2.45) is 0 Å². The van der Waals surface area contributed by atoms with E-state index in [9.17, 15) is 0 Å². The molecule has 0 aliphatic rings. The lowest BCUT2D eigenvalue weighted by Gasteiger charge is -2.12. The summed E-state index contributed by atoms with van der Waals surface area (Å²) in [6.45, 7) is 6.59. The van der Waals surface area contributed by atoms with E-state index in [-0.39, 0.29) is 5.38 Å². The molecule has 3 nitrogen and oxygen atoms in total. The number of rotatable bonds is 7. The van der Waals surface area contributed by atoms with E-state index in [0.29, 0.717) is 0 Å². The van der Waals surface area contributed by atoms with Gasteiger partial charge in [0, 0.05) is 19.6 Å². The summed E-state index contributed by atoms with van der Waals surface area (Å²) in [6.07, 6.45) is 0.933. The van der Waals surface area contributed by atoms with Crippen LogP contribution in [-0.2, 0) is 19.5 Å². The van der Waals surface area contributed by atoms with Crippen LogP contribution in [0.2, 0.25) is 0 Å². The smallest absolute Gasteiger partial charge is 0.0767 e. The van der Waals surface area contributed by atoms with Gasteiger partial charge in [-0.05, 0) is 34.8 Å². The Morgan fingerprint density at radius 1 is 1.29 bits per heavy atom. The Morgan fingerprint density at radius 3 is 2.62 bits per heavy atom. The first kappa shape index (κ1) is 16.5. The topological polar surface area (TPSA) is 29.9 Å². The molecule has 1 aromatic heterocycles. The van der Waals surface area contributed by atoms with Crippen LogP contribution in [0.4, 0.5) is 0 Å². The fourth-order valence-electron chi connectivity index (χ4n) is 2.28. The van der Waals surface area contributed by atoms with E-state index in [1.54, 1.807) is 0 Å². The van der Waals surface area contributed by atoms with E-state index in [0.717, 1.165) is 41.8 Å². The Morgan fingerprint density at radius 2 is 2.00 bits per heavy atom. The van der Waals surface area contributed by atoms with Gasteiger partial charge in [-0.15, -0.1) is 11.6 Å². The first-order chi connectivity index (χ1) is 10.2. The molecule has 5 heteroatoms. The number of hydrogen-bond acceptors (Lipinski definition) is 2. The third-order valence-corrected chi connectivity index (χ3v) is 4.79. The molecule has 1 unspecified atom stereocenters. The van der Waals surface area contributed by atoms with Crippen LogP contribution in [0.5, 0.6) is 0 Å². The predicted octanol–water partition coefficient (Wildman–Crippen LogP) is 4.30. The van der Waals surface area contributed by atoms with Crippen molar-refractivity contribution in [1.82, 2.24) is 15.1 Å². The molecule has 2 rings (SSSR count). The van der Waals surface area contributed by atoms with Crippen LogP contribution in [0, 0.1) is 0 Å². The summed E-state index contributed by atoms with van der Waals surface area (Å²) in [5, 5.41) is 8.01. The van der Waals surface area contributed by atoms with Crippen molar-refractivity contribution in [2.75, 3.05) is 6.54 Å². The van der Waals surface area contributed by atoms with E-state index < -0.39 is 0 Å². The summed E-state index contributed by atoms with van der Waals surface area (Å²) in [5.74, 6) is 0. The second kappa shape index (κ2) is 7.97. The van der Waals surface area contributed by atoms with Gasteiger partial charge < -0.3 is 5.32 Å². The number of hydrogen-bond donors (Lipinski definition) is 1. The second-order valence-corrected chi connectivity index (χ2v) is 6.21. The molecule has 114 valence electrons. The van der Waals surface area contributed by atoms with Gasteiger partial charge in [-0.25, -0.2) is 0 Å². The number of halogens is 2. The number of nitrogens with zero attached hydrogens (tertiary/aromatic N) is 2. The maximum atomic E-state index is 6.42. The highest BCUT2D eigenvalue weighted by molar-refractivity contribution is 9.10. The molecule has 0 spiro atoms. The lowest BCUT2D eigenvalue weighted by atomic mass is 10.1. The lowest BCUT2D eigenvalue weighted by molar-refractivity contribution is 0.574. The Kier molecular flexibility index (Phi) is 6.27. The summed E-state index contributed by atoms with van der Waals surface area (Å²) in [4.78, 5) is 0. The largest absolute Gasteiger partial charge is 0.309 e. The number of nitrogens with one attached hydrogen (secondary N) is 1. The van der Waals surface area contributed by atoms with Gasteiger partial charge in [0.05, 0.1) is 21.2 Å². The second-order valence-electron chi connectivity index (χ2n) is 4.89. The summed E-state index contributed by atoms with van der Waals surface area (Å²) in [5.41, 5.74) is 3.44. The molecule has 2 aromatic rings. The minimum absolute atomic E-state index is 0.0198. The van der Waals surface area contributed by atoms with Crippen molar-refractivity contribution >= 4 is 27.5 Å². The third-order valence-electron chi connectivity index (χ3n) is 3.47. The molecule has 0 saturated carbocycles. The summed E-state index contributed by atoms with van der Waals surface area (Å²) in [6, 6.07) is 10.1. The zero-order chi connectivity index (χ0) is 15.2. The normalized spacial score (nSPS) is 12.6. The zero-order valence-corrected chi connectivity index (χ0v) is 14.8. The van der Waals surface area contributed by atoms with Gasteiger partial charge in [0.15, 0.2) is 0 Å². The molecular weight excluding hydrogens is 350 g/mol. The monoisotopic (exact) mass is 369 g/mol. The molecule has 0 amide bonds. The van der Waals surface area contributed by atoms with Crippen molar-refractivity contribution < 1.29 is 0 Å². The fourth-order valence-corrected chi connectivity index (χ4v) is 3.24. The molecule has 1 N–H and O–H groups in total. The number of aryl methyl sites for hydroxylation is 2. The predicted molar refractivity (Wildman–Crippen MR) is 91.7 cm³/mol. The number of aromatic nitrogens is 2. The maximum Gasteiger partial charge on any atom is 0.0767 e. The SMILES string of the molecule is CCc1nn(CC)c(CNCC(Cl)c2ccccc2)c1Br. The van der Waals surface area contributed by atoms with Crippen molar-refractivity contribution in [3.8, 4) is 0 Å².